The average molecular weight is 337 g/mol. The zero-order valence-electron chi connectivity index (χ0n) is 14.6. The van der Waals surface area contributed by atoms with Crippen LogP contribution in [0.1, 0.15) is 17.4 Å². The van der Waals surface area contributed by atoms with E-state index in [0.29, 0.717) is 0 Å². The highest BCUT2D eigenvalue weighted by molar-refractivity contribution is 6.08. The third-order valence-corrected chi connectivity index (χ3v) is 4.98. The first-order valence-corrected chi connectivity index (χ1v) is 8.86. The Bertz CT molecular complexity index is 1110. The van der Waals surface area contributed by atoms with Crippen LogP contribution in [0.25, 0.3) is 27.5 Å². The molecule has 1 aliphatic rings. The highest BCUT2D eigenvalue weighted by atomic mass is 15.3. The predicted molar refractivity (Wildman–Crippen MR) is 109 cm³/mol. The van der Waals surface area contributed by atoms with Crippen LogP contribution in [0.4, 0.5) is 0 Å². The first kappa shape index (κ1) is 15.0. The second-order valence-electron chi connectivity index (χ2n) is 6.67. The summed E-state index contributed by atoms with van der Waals surface area (Å²) in [4.78, 5) is 4.72. The van der Waals surface area contributed by atoms with E-state index in [-0.39, 0.29) is 6.29 Å². The van der Waals surface area contributed by atoms with Gasteiger partial charge in [0.05, 0.1) is 11.0 Å². The van der Waals surface area contributed by atoms with E-state index in [9.17, 15) is 0 Å². The maximum atomic E-state index is 4.72. The molecule has 1 aliphatic heterocycles. The first-order chi connectivity index (χ1) is 12.8. The van der Waals surface area contributed by atoms with Crippen LogP contribution in [0.3, 0.4) is 0 Å². The van der Waals surface area contributed by atoms with E-state index < -0.39 is 0 Å². The summed E-state index contributed by atoms with van der Waals surface area (Å²) in [5.74, 6) is 0. The van der Waals surface area contributed by atoms with Crippen molar-refractivity contribution in [1.29, 1.82) is 0 Å². The fourth-order valence-corrected chi connectivity index (χ4v) is 3.68. The molecule has 3 nitrogen and oxygen atoms in total. The lowest BCUT2D eigenvalue weighted by Crippen LogP contribution is -2.26. The smallest absolute Gasteiger partial charge is 0.200 e. The zero-order valence-corrected chi connectivity index (χ0v) is 14.6. The molecule has 2 heterocycles. The number of rotatable bonds is 2. The molecule has 0 saturated carbocycles. The highest BCUT2D eigenvalue weighted by Gasteiger charge is 2.19. The SMILES string of the molecule is Cc1ccc(C2=CC=NC(n3c4ccccc4c4ccccc43)N2)cc1. The van der Waals surface area contributed by atoms with Crippen LogP contribution in [-0.2, 0) is 0 Å². The molecular formula is C23H19N3. The fourth-order valence-electron chi connectivity index (χ4n) is 3.68. The van der Waals surface area contributed by atoms with Gasteiger partial charge < -0.3 is 9.88 Å². The number of nitrogens with zero attached hydrogens (tertiary/aromatic N) is 2. The minimum absolute atomic E-state index is 0.166. The molecular weight excluding hydrogens is 318 g/mol. The molecule has 1 N–H and O–H groups in total. The van der Waals surface area contributed by atoms with Crippen molar-refractivity contribution >= 4 is 33.7 Å². The minimum atomic E-state index is -0.166. The van der Waals surface area contributed by atoms with Gasteiger partial charge in [-0.3, -0.25) is 0 Å². The number of hydrogen-bond donors (Lipinski definition) is 1. The lowest BCUT2D eigenvalue weighted by molar-refractivity contribution is 0.510. The lowest BCUT2D eigenvalue weighted by Gasteiger charge is -2.24. The number of fused-ring (bicyclic) bond motifs is 3. The van der Waals surface area contributed by atoms with Gasteiger partial charge >= 0.3 is 0 Å². The molecule has 0 amide bonds. The maximum absolute atomic E-state index is 4.72. The minimum Gasteiger partial charge on any atom is -0.346 e. The van der Waals surface area contributed by atoms with E-state index in [0.717, 1.165) is 5.70 Å². The van der Waals surface area contributed by atoms with E-state index >= 15 is 0 Å². The van der Waals surface area contributed by atoms with Gasteiger partial charge in [-0.2, -0.15) is 0 Å². The molecule has 126 valence electrons. The van der Waals surface area contributed by atoms with Gasteiger partial charge in [0.2, 0.25) is 6.29 Å². The summed E-state index contributed by atoms with van der Waals surface area (Å²) in [5.41, 5.74) is 5.90. The zero-order chi connectivity index (χ0) is 17.5. The molecule has 1 unspecified atom stereocenters. The molecule has 0 radical (unpaired) electrons. The normalized spacial score (nSPS) is 16.7. The topological polar surface area (TPSA) is 29.3 Å². The van der Waals surface area contributed by atoms with Crippen molar-refractivity contribution in [3.63, 3.8) is 0 Å². The Morgan fingerprint density at radius 1 is 0.808 bits per heavy atom. The van der Waals surface area contributed by atoms with Crippen LogP contribution in [0.5, 0.6) is 0 Å². The van der Waals surface area contributed by atoms with Crippen molar-refractivity contribution < 1.29 is 0 Å². The van der Waals surface area contributed by atoms with Gasteiger partial charge in [-0.25, -0.2) is 4.99 Å². The van der Waals surface area contributed by atoms with Crippen LogP contribution in [-0.4, -0.2) is 10.8 Å². The summed E-state index contributed by atoms with van der Waals surface area (Å²) in [6.07, 6.45) is 3.77. The highest BCUT2D eigenvalue weighted by Crippen LogP contribution is 2.32. The Morgan fingerprint density at radius 3 is 2.08 bits per heavy atom. The molecule has 5 rings (SSSR count). The summed E-state index contributed by atoms with van der Waals surface area (Å²) >= 11 is 0. The van der Waals surface area contributed by atoms with Gasteiger partial charge in [0.15, 0.2) is 0 Å². The lowest BCUT2D eigenvalue weighted by atomic mass is 10.1. The van der Waals surface area contributed by atoms with E-state index in [4.69, 9.17) is 4.99 Å². The number of aromatic nitrogens is 1. The Hall–Kier alpha value is -3.33. The average Bonchev–Trinajstić information content (AvgIpc) is 3.03. The van der Waals surface area contributed by atoms with Crippen LogP contribution in [0, 0.1) is 6.92 Å². The van der Waals surface area contributed by atoms with Crippen molar-refractivity contribution in [2.75, 3.05) is 0 Å². The third-order valence-electron chi connectivity index (χ3n) is 4.98. The molecule has 1 atom stereocenters. The molecule has 3 heteroatoms. The van der Waals surface area contributed by atoms with Gasteiger partial charge in [0.25, 0.3) is 0 Å². The molecule has 0 bridgehead atoms. The standard InChI is InChI=1S/C23H19N3/c1-16-10-12-17(13-11-16)20-14-15-24-23(25-20)26-21-8-4-2-6-18(21)19-7-3-5-9-22(19)26/h2-15,23,25H,1H3. The number of aliphatic imine (C=N–C) groups is 1. The summed E-state index contributed by atoms with van der Waals surface area (Å²) in [7, 11) is 0. The summed E-state index contributed by atoms with van der Waals surface area (Å²) in [6, 6.07) is 25.6. The maximum Gasteiger partial charge on any atom is 0.200 e. The summed E-state index contributed by atoms with van der Waals surface area (Å²) < 4.78 is 2.28. The molecule has 0 aliphatic carbocycles. The second-order valence-corrected chi connectivity index (χ2v) is 6.67. The number of para-hydroxylation sites is 2. The Labute approximate surface area is 152 Å². The van der Waals surface area contributed by atoms with Crippen LogP contribution in [0.2, 0.25) is 0 Å². The monoisotopic (exact) mass is 337 g/mol. The van der Waals surface area contributed by atoms with Gasteiger partial charge in [-0.1, -0.05) is 66.2 Å². The second kappa shape index (κ2) is 5.88. The summed E-state index contributed by atoms with van der Waals surface area (Å²) in [6.45, 7) is 2.11. The molecule has 4 aromatic rings. The molecule has 1 aromatic heterocycles. The van der Waals surface area contributed by atoms with Crippen molar-refractivity contribution in [3.05, 3.63) is 90.0 Å². The fraction of sp³-hybridized carbons (Fsp3) is 0.0870. The van der Waals surface area contributed by atoms with Crippen LogP contribution < -0.4 is 5.32 Å². The number of nitrogens with one attached hydrogen (secondary N) is 1. The van der Waals surface area contributed by atoms with Crippen molar-refractivity contribution in [1.82, 2.24) is 9.88 Å². The van der Waals surface area contributed by atoms with Gasteiger partial charge in [0, 0.05) is 22.7 Å². The van der Waals surface area contributed by atoms with Crippen LogP contribution >= 0.6 is 0 Å². The van der Waals surface area contributed by atoms with Gasteiger partial charge in [-0.15, -0.1) is 0 Å². The third kappa shape index (κ3) is 2.32. The number of aryl methyl sites for hydroxylation is 1. The number of allylic oxidation sites excluding steroid dienone is 1. The van der Waals surface area contributed by atoms with Crippen molar-refractivity contribution in [2.24, 2.45) is 4.99 Å². The molecule has 3 aromatic carbocycles. The molecule has 26 heavy (non-hydrogen) atoms. The largest absolute Gasteiger partial charge is 0.346 e. The van der Waals surface area contributed by atoms with Gasteiger partial charge in [-0.05, 0) is 30.7 Å². The van der Waals surface area contributed by atoms with E-state index in [1.165, 1.54) is 32.9 Å². The number of hydrogen-bond acceptors (Lipinski definition) is 2. The van der Waals surface area contributed by atoms with Crippen molar-refractivity contribution in [3.8, 4) is 0 Å². The summed E-state index contributed by atoms with van der Waals surface area (Å²) in [5, 5.41) is 6.11. The van der Waals surface area contributed by atoms with Gasteiger partial charge in [0.1, 0.15) is 0 Å². The van der Waals surface area contributed by atoms with E-state index in [1.54, 1.807) is 0 Å². The molecule has 0 spiro atoms. The van der Waals surface area contributed by atoms with Crippen molar-refractivity contribution in [2.45, 2.75) is 13.2 Å². The Balaban J connectivity index is 1.63. The van der Waals surface area contributed by atoms with E-state index in [1.807, 2.05) is 12.3 Å². The molecule has 0 saturated heterocycles. The Kier molecular flexibility index (Phi) is 3.39. The number of benzene rings is 3. The quantitative estimate of drug-likeness (QED) is 0.530. The van der Waals surface area contributed by atoms with E-state index in [2.05, 4.69) is 89.6 Å². The predicted octanol–water partition coefficient (Wildman–Crippen LogP) is 5.27. The molecule has 0 fully saturated rings. The Morgan fingerprint density at radius 2 is 1.42 bits per heavy atom. The van der Waals surface area contributed by atoms with Crippen LogP contribution in [0.15, 0.2) is 83.9 Å². The first-order valence-electron chi connectivity index (χ1n) is 8.86.